The molecule has 1 heterocycles. The Morgan fingerprint density at radius 1 is 1.20 bits per heavy atom. The molecule has 6 nitrogen and oxygen atoms in total. The Balaban J connectivity index is 1.76. The van der Waals surface area contributed by atoms with Gasteiger partial charge in [-0.25, -0.2) is 0 Å². The highest BCUT2D eigenvalue weighted by Crippen LogP contribution is 2.17. The van der Waals surface area contributed by atoms with Crippen molar-refractivity contribution in [3.63, 3.8) is 0 Å². The first-order chi connectivity index (χ1) is 12.0. The molecule has 1 aromatic carbocycles. The minimum atomic E-state index is -0.294. The second kappa shape index (κ2) is 10.2. The Labute approximate surface area is 149 Å². The van der Waals surface area contributed by atoms with E-state index in [1.807, 2.05) is 31.2 Å². The Morgan fingerprint density at radius 2 is 1.88 bits per heavy atom. The molecule has 1 saturated heterocycles. The average molecular weight is 347 g/mol. The number of amides is 2. The van der Waals surface area contributed by atoms with E-state index in [9.17, 15) is 9.59 Å². The van der Waals surface area contributed by atoms with Crippen LogP contribution in [0, 0.1) is 6.92 Å². The summed E-state index contributed by atoms with van der Waals surface area (Å²) in [7, 11) is 0. The third kappa shape index (κ3) is 7.23. The fourth-order valence-corrected chi connectivity index (χ4v) is 2.91. The Bertz CT molecular complexity index is 554. The Hall–Kier alpha value is -1.92. The van der Waals surface area contributed by atoms with E-state index in [1.54, 1.807) is 0 Å². The van der Waals surface area contributed by atoms with Gasteiger partial charge in [0.15, 0.2) is 0 Å². The monoisotopic (exact) mass is 347 g/mol. The van der Waals surface area contributed by atoms with Gasteiger partial charge in [-0.15, -0.1) is 0 Å². The number of aryl methyl sites for hydroxylation is 1. The summed E-state index contributed by atoms with van der Waals surface area (Å²) in [6, 6.07) is 7.61. The average Bonchev–Trinajstić information content (AvgIpc) is 2.59. The molecule has 1 fully saturated rings. The Kier molecular flexibility index (Phi) is 7.88. The van der Waals surface area contributed by atoms with Crippen molar-refractivity contribution in [3.05, 3.63) is 35.4 Å². The summed E-state index contributed by atoms with van der Waals surface area (Å²) in [6.07, 6.45) is 1.17. The van der Waals surface area contributed by atoms with Gasteiger partial charge in [0.2, 0.25) is 11.8 Å². The number of carbonyl (C=O) groups excluding carboxylic acids is 2. The third-order valence-corrected chi connectivity index (χ3v) is 4.32. The van der Waals surface area contributed by atoms with Crippen LogP contribution in [0.15, 0.2) is 24.3 Å². The van der Waals surface area contributed by atoms with E-state index in [2.05, 4.69) is 15.5 Å². The van der Waals surface area contributed by atoms with Gasteiger partial charge >= 0.3 is 0 Å². The molecule has 1 aliphatic heterocycles. The first-order valence-corrected chi connectivity index (χ1v) is 8.95. The molecule has 0 radical (unpaired) electrons. The van der Waals surface area contributed by atoms with Crippen molar-refractivity contribution in [1.29, 1.82) is 0 Å². The topological polar surface area (TPSA) is 70.7 Å². The van der Waals surface area contributed by atoms with E-state index < -0.39 is 0 Å². The highest BCUT2D eigenvalue weighted by molar-refractivity contribution is 5.79. The molecule has 0 saturated carbocycles. The molecular formula is C19H29N3O3. The molecule has 25 heavy (non-hydrogen) atoms. The number of hydrogen-bond acceptors (Lipinski definition) is 4. The summed E-state index contributed by atoms with van der Waals surface area (Å²) in [6.45, 7) is 8.62. The number of carbonyl (C=O) groups is 2. The van der Waals surface area contributed by atoms with E-state index in [0.717, 1.165) is 50.4 Å². The van der Waals surface area contributed by atoms with Gasteiger partial charge in [0.05, 0.1) is 25.7 Å². The molecule has 138 valence electrons. The zero-order valence-electron chi connectivity index (χ0n) is 15.2. The number of rotatable bonds is 8. The minimum absolute atomic E-state index is 0.0405. The maximum atomic E-state index is 12.2. The van der Waals surface area contributed by atoms with Crippen LogP contribution in [0.5, 0.6) is 0 Å². The van der Waals surface area contributed by atoms with Crippen LogP contribution in [0.4, 0.5) is 0 Å². The van der Waals surface area contributed by atoms with Crippen LogP contribution in [-0.2, 0) is 14.3 Å². The number of ether oxygens (including phenoxy) is 1. The zero-order chi connectivity index (χ0) is 18.1. The lowest BCUT2D eigenvalue weighted by Crippen LogP contribution is -2.38. The van der Waals surface area contributed by atoms with Crippen molar-refractivity contribution in [1.82, 2.24) is 15.5 Å². The summed E-state index contributed by atoms with van der Waals surface area (Å²) in [5, 5.41) is 5.83. The molecule has 1 aliphatic rings. The molecule has 2 rings (SSSR count). The maximum Gasteiger partial charge on any atom is 0.222 e. The van der Waals surface area contributed by atoms with Crippen molar-refractivity contribution >= 4 is 11.8 Å². The van der Waals surface area contributed by atoms with Crippen LogP contribution in [0.1, 0.15) is 36.9 Å². The van der Waals surface area contributed by atoms with Crippen LogP contribution in [-0.4, -0.2) is 56.1 Å². The Morgan fingerprint density at radius 3 is 2.52 bits per heavy atom. The smallest absolute Gasteiger partial charge is 0.222 e. The van der Waals surface area contributed by atoms with E-state index >= 15 is 0 Å². The van der Waals surface area contributed by atoms with Crippen LogP contribution in [0.3, 0.4) is 0 Å². The summed E-state index contributed by atoms with van der Waals surface area (Å²) < 4.78 is 5.32. The highest BCUT2D eigenvalue weighted by atomic mass is 16.5. The summed E-state index contributed by atoms with van der Waals surface area (Å²) in [4.78, 5) is 26.0. The lowest BCUT2D eigenvalue weighted by Gasteiger charge is -2.26. The van der Waals surface area contributed by atoms with Crippen molar-refractivity contribution in [2.24, 2.45) is 0 Å². The van der Waals surface area contributed by atoms with Crippen LogP contribution < -0.4 is 10.6 Å². The first kappa shape index (κ1) is 19.4. The fourth-order valence-electron chi connectivity index (χ4n) is 2.91. The van der Waals surface area contributed by atoms with Crippen LogP contribution >= 0.6 is 0 Å². The number of benzene rings is 1. The minimum Gasteiger partial charge on any atom is -0.379 e. The van der Waals surface area contributed by atoms with Crippen LogP contribution in [0.25, 0.3) is 0 Å². The number of nitrogens with zero attached hydrogens (tertiary/aromatic N) is 1. The van der Waals surface area contributed by atoms with Gasteiger partial charge in [-0.3, -0.25) is 14.5 Å². The number of hydrogen-bond donors (Lipinski definition) is 2. The largest absolute Gasteiger partial charge is 0.379 e. The summed E-state index contributed by atoms with van der Waals surface area (Å²) >= 11 is 0. The molecule has 2 amide bonds. The van der Waals surface area contributed by atoms with Gasteiger partial charge in [-0.05, 0) is 25.5 Å². The van der Waals surface area contributed by atoms with Gasteiger partial charge in [0.1, 0.15) is 0 Å². The van der Waals surface area contributed by atoms with Gasteiger partial charge in [0.25, 0.3) is 0 Å². The van der Waals surface area contributed by atoms with Crippen molar-refractivity contribution in [2.45, 2.75) is 32.7 Å². The van der Waals surface area contributed by atoms with Crippen LogP contribution in [0.2, 0.25) is 0 Å². The summed E-state index contributed by atoms with van der Waals surface area (Å²) in [5.41, 5.74) is 2.10. The molecule has 1 atom stereocenters. The molecule has 1 unspecified atom stereocenters. The molecule has 1 aromatic rings. The quantitative estimate of drug-likeness (QED) is 0.698. The molecule has 0 aliphatic carbocycles. The van der Waals surface area contributed by atoms with Gasteiger partial charge in [0, 0.05) is 26.6 Å². The number of nitrogens with one attached hydrogen (secondary N) is 2. The van der Waals surface area contributed by atoms with E-state index in [0.29, 0.717) is 6.54 Å². The SMILES string of the molecule is CC(=O)NC(CC(=O)NCCCN1CCOCC1)c1ccc(C)cc1. The molecule has 0 aromatic heterocycles. The normalized spacial score (nSPS) is 16.2. The third-order valence-electron chi connectivity index (χ3n) is 4.32. The second-order valence-corrected chi connectivity index (χ2v) is 6.53. The maximum absolute atomic E-state index is 12.2. The molecule has 0 bridgehead atoms. The standard InChI is InChI=1S/C19H29N3O3/c1-15-4-6-17(7-5-15)18(21-16(2)23)14-19(24)20-8-3-9-22-10-12-25-13-11-22/h4-7,18H,3,8-14H2,1-2H3,(H,20,24)(H,21,23). The van der Waals surface area contributed by atoms with Crippen molar-refractivity contribution in [2.75, 3.05) is 39.4 Å². The lowest BCUT2D eigenvalue weighted by molar-refractivity contribution is -0.122. The highest BCUT2D eigenvalue weighted by Gasteiger charge is 2.17. The summed E-state index contributed by atoms with van der Waals surface area (Å²) in [5.74, 6) is -0.174. The fraction of sp³-hybridized carbons (Fsp3) is 0.579. The van der Waals surface area contributed by atoms with Crippen molar-refractivity contribution < 1.29 is 14.3 Å². The molecule has 0 spiro atoms. The number of morpholine rings is 1. The predicted octanol–water partition coefficient (Wildman–Crippen LogP) is 1.40. The second-order valence-electron chi connectivity index (χ2n) is 6.53. The molecular weight excluding hydrogens is 318 g/mol. The van der Waals surface area contributed by atoms with E-state index in [1.165, 1.54) is 6.92 Å². The zero-order valence-corrected chi connectivity index (χ0v) is 15.2. The molecule has 6 heteroatoms. The van der Waals surface area contributed by atoms with Crippen molar-refractivity contribution in [3.8, 4) is 0 Å². The predicted molar refractivity (Wildman–Crippen MR) is 97.2 cm³/mol. The lowest BCUT2D eigenvalue weighted by atomic mass is 10.0. The van der Waals surface area contributed by atoms with E-state index in [4.69, 9.17) is 4.74 Å². The first-order valence-electron chi connectivity index (χ1n) is 8.95. The van der Waals surface area contributed by atoms with Gasteiger partial charge < -0.3 is 15.4 Å². The van der Waals surface area contributed by atoms with Gasteiger partial charge in [-0.2, -0.15) is 0 Å². The molecule has 2 N–H and O–H groups in total. The van der Waals surface area contributed by atoms with Gasteiger partial charge in [-0.1, -0.05) is 29.8 Å². The van der Waals surface area contributed by atoms with E-state index in [-0.39, 0.29) is 24.3 Å².